The normalized spacial score (nSPS) is 27.9. The summed E-state index contributed by atoms with van der Waals surface area (Å²) in [4.78, 5) is 41.9. The zero-order chi connectivity index (χ0) is 26.7. The number of carbonyl (C=O) groups excluding carboxylic acids is 2. The van der Waals surface area contributed by atoms with E-state index in [1.807, 2.05) is 18.3 Å². The van der Waals surface area contributed by atoms with Gasteiger partial charge in [0.25, 0.3) is 5.24 Å². The third-order valence-electron chi connectivity index (χ3n) is 6.30. The highest BCUT2D eigenvalue weighted by Gasteiger charge is 2.54. The SMILES string of the molecule is CCc1ccc(CCOc2ccc(C[C@@H]3SC(=O)N([C@@H]4O[C@H](C(=O)O)[C@@H](O)[C@H](O)[C@H]4O)C3=O)cc2)nc1. The predicted molar refractivity (Wildman–Crippen MR) is 131 cm³/mol. The van der Waals surface area contributed by atoms with Crippen molar-refractivity contribution < 1.29 is 44.3 Å². The van der Waals surface area contributed by atoms with Gasteiger partial charge in [0, 0.05) is 18.3 Å². The van der Waals surface area contributed by atoms with Crippen LogP contribution in [-0.2, 0) is 33.6 Å². The first-order valence-electron chi connectivity index (χ1n) is 11.8. The Bertz CT molecular complexity index is 1130. The molecule has 11 nitrogen and oxygen atoms in total. The number of pyridine rings is 1. The molecule has 198 valence electrons. The van der Waals surface area contributed by atoms with Crippen LogP contribution in [0.4, 0.5) is 4.79 Å². The van der Waals surface area contributed by atoms with Crippen LogP contribution in [0.15, 0.2) is 42.6 Å². The van der Waals surface area contributed by atoms with Crippen molar-refractivity contribution in [2.45, 2.75) is 62.1 Å². The van der Waals surface area contributed by atoms with E-state index in [4.69, 9.17) is 9.47 Å². The Morgan fingerprint density at radius 1 is 1.05 bits per heavy atom. The zero-order valence-electron chi connectivity index (χ0n) is 20.0. The van der Waals surface area contributed by atoms with Crippen LogP contribution < -0.4 is 4.74 Å². The number of aromatic nitrogens is 1. The summed E-state index contributed by atoms with van der Waals surface area (Å²) in [6.45, 7) is 2.52. The molecule has 0 radical (unpaired) electrons. The first-order chi connectivity index (χ1) is 17.7. The molecule has 4 N–H and O–H groups in total. The minimum atomic E-state index is -1.92. The summed E-state index contributed by atoms with van der Waals surface area (Å²) in [5, 5.41) is 37.8. The smallest absolute Gasteiger partial charge is 0.335 e. The summed E-state index contributed by atoms with van der Waals surface area (Å²) < 4.78 is 10.9. The molecule has 1 aromatic heterocycles. The number of aliphatic carboxylic acids is 1. The lowest BCUT2D eigenvalue weighted by molar-refractivity contribution is -0.249. The van der Waals surface area contributed by atoms with Crippen LogP contribution in [0.5, 0.6) is 5.75 Å². The fourth-order valence-corrected chi connectivity index (χ4v) is 5.17. The second-order valence-corrected chi connectivity index (χ2v) is 9.95. The van der Waals surface area contributed by atoms with Crippen LogP contribution in [0, 0.1) is 0 Å². The van der Waals surface area contributed by atoms with Gasteiger partial charge in [0.1, 0.15) is 24.1 Å². The average Bonchev–Trinajstić information content (AvgIpc) is 3.16. The Labute approximate surface area is 217 Å². The second kappa shape index (κ2) is 11.6. The number of imide groups is 1. The van der Waals surface area contributed by atoms with Gasteiger partial charge >= 0.3 is 5.97 Å². The third kappa shape index (κ3) is 5.94. The van der Waals surface area contributed by atoms with Crippen LogP contribution in [0.3, 0.4) is 0 Å². The second-order valence-electron chi connectivity index (χ2n) is 8.80. The number of carbonyl (C=O) groups is 3. The maximum Gasteiger partial charge on any atom is 0.335 e. The fourth-order valence-electron chi connectivity index (χ4n) is 4.13. The molecule has 12 heteroatoms. The number of aryl methyl sites for hydroxylation is 1. The maximum atomic E-state index is 13.0. The number of thioether (sulfide) groups is 1. The molecule has 2 aliphatic heterocycles. The lowest BCUT2D eigenvalue weighted by Gasteiger charge is -2.41. The van der Waals surface area contributed by atoms with E-state index in [0.717, 1.165) is 29.4 Å². The maximum absolute atomic E-state index is 13.0. The predicted octanol–water partition coefficient (Wildman–Crippen LogP) is 0.764. The Morgan fingerprint density at radius 2 is 1.76 bits per heavy atom. The molecule has 0 saturated carbocycles. The molecule has 0 spiro atoms. The van der Waals surface area contributed by atoms with Crippen molar-refractivity contribution in [3.63, 3.8) is 0 Å². The van der Waals surface area contributed by atoms with Crippen LogP contribution in [0.2, 0.25) is 0 Å². The highest BCUT2D eigenvalue weighted by Crippen LogP contribution is 2.35. The number of carboxylic acids is 1. The molecular formula is C25H28N2O9S. The number of hydrogen-bond acceptors (Lipinski definition) is 10. The first kappa shape index (κ1) is 27.0. The molecule has 3 heterocycles. The van der Waals surface area contributed by atoms with Gasteiger partial charge in [-0.1, -0.05) is 36.9 Å². The number of aliphatic hydroxyl groups is 3. The summed E-state index contributed by atoms with van der Waals surface area (Å²) in [5.41, 5.74) is 2.87. The molecule has 1 aromatic carbocycles. The van der Waals surface area contributed by atoms with Crippen molar-refractivity contribution in [3.8, 4) is 5.75 Å². The fraction of sp³-hybridized carbons (Fsp3) is 0.440. The molecule has 0 aliphatic carbocycles. The zero-order valence-corrected chi connectivity index (χ0v) is 20.8. The van der Waals surface area contributed by atoms with E-state index in [9.17, 15) is 34.8 Å². The number of amides is 2. The van der Waals surface area contributed by atoms with Gasteiger partial charge in [-0.2, -0.15) is 0 Å². The van der Waals surface area contributed by atoms with Crippen molar-refractivity contribution in [1.82, 2.24) is 9.88 Å². The van der Waals surface area contributed by atoms with Crippen LogP contribution in [-0.4, -0.2) is 89.9 Å². The largest absolute Gasteiger partial charge is 0.493 e. The topological polar surface area (TPSA) is 167 Å². The highest BCUT2D eigenvalue weighted by molar-refractivity contribution is 8.15. The number of benzene rings is 1. The Morgan fingerprint density at radius 3 is 2.38 bits per heavy atom. The van der Waals surface area contributed by atoms with E-state index >= 15 is 0 Å². The molecule has 0 unspecified atom stereocenters. The average molecular weight is 533 g/mol. The number of nitrogens with zero attached hydrogens (tertiary/aromatic N) is 2. The van der Waals surface area contributed by atoms with Gasteiger partial charge in [-0.25, -0.2) is 9.69 Å². The van der Waals surface area contributed by atoms with Gasteiger partial charge in [0.05, 0.1) is 11.9 Å². The molecule has 2 fully saturated rings. The molecule has 2 aromatic rings. The molecule has 6 atom stereocenters. The molecular weight excluding hydrogens is 504 g/mol. The first-order valence-corrected chi connectivity index (χ1v) is 12.7. The van der Waals surface area contributed by atoms with Gasteiger partial charge in [-0.05, 0) is 42.2 Å². The molecule has 37 heavy (non-hydrogen) atoms. The molecule has 0 bridgehead atoms. The lowest BCUT2D eigenvalue weighted by Crippen LogP contribution is -2.65. The third-order valence-corrected chi connectivity index (χ3v) is 7.36. The Hall–Kier alpha value is -3.03. The minimum Gasteiger partial charge on any atom is -0.493 e. The molecule has 4 rings (SSSR count). The standard InChI is InChI=1S/C25H28N2O9S/c1-2-13-3-6-15(26-12-13)9-10-35-16-7-4-14(5-8-16)11-17-22(31)27(25(34)37-17)23-20(30)18(28)19(29)21(36-23)24(32)33/h3-8,12,17-21,23,28-30H,2,9-11H2,1H3,(H,32,33)/t17-,18-,19-,20+,21-,23+/m0/s1. The summed E-state index contributed by atoms with van der Waals surface area (Å²) in [5.74, 6) is -1.64. The van der Waals surface area contributed by atoms with Gasteiger partial charge < -0.3 is 29.9 Å². The lowest BCUT2D eigenvalue weighted by atomic mass is 9.97. The van der Waals surface area contributed by atoms with Crippen LogP contribution in [0.1, 0.15) is 23.7 Å². The summed E-state index contributed by atoms with van der Waals surface area (Å²) in [7, 11) is 0. The van der Waals surface area contributed by atoms with Crippen molar-refractivity contribution >= 4 is 28.9 Å². The van der Waals surface area contributed by atoms with Crippen LogP contribution >= 0.6 is 11.8 Å². The number of rotatable bonds is 9. The van der Waals surface area contributed by atoms with Crippen molar-refractivity contribution in [2.24, 2.45) is 0 Å². The van der Waals surface area contributed by atoms with E-state index < -0.39 is 53.0 Å². The van der Waals surface area contributed by atoms with E-state index in [2.05, 4.69) is 11.9 Å². The molecule has 2 aliphatic rings. The minimum absolute atomic E-state index is 0.191. The number of ether oxygens (including phenoxy) is 2. The van der Waals surface area contributed by atoms with Gasteiger partial charge in [0.15, 0.2) is 12.3 Å². The van der Waals surface area contributed by atoms with Crippen LogP contribution in [0.25, 0.3) is 0 Å². The monoisotopic (exact) mass is 532 g/mol. The molecule has 2 amide bonds. The molecule has 2 saturated heterocycles. The number of hydrogen-bond donors (Lipinski definition) is 4. The highest BCUT2D eigenvalue weighted by atomic mass is 32.2. The van der Waals surface area contributed by atoms with E-state index in [-0.39, 0.29) is 6.42 Å². The summed E-state index contributed by atoms with van der Waals surface area (Å²) in [6.07, 6.45) is -5.71. The van der Waals surface area contributed by atoms with E-state index in [1.165, 1.54) is 5.56 Å². The van der Waals surface area contributed by atoms with Crippen molar-refractivity contribution in [2.75, 3.05) is 6.61 Å². The Balaban J connectivity index is 1.33. The quantitative estimate of drug-likeness (QED) is 0.360. The van der Waals surface area contributed by atoms with Gasteiger partial charge in [0.2, 0.25) is 5.91 Å². The summed E-state index contributed by atoms with van der Waals surface area (Å²) >= 11 is 0.719. The van der Waals surface area contributed by atoms with Gasteiger partial charge in [-0.15, -0.1) is 0 Å². The van der Waals surface area contributed by atoms with Gasteiger partial charge in [-0.3, -0.25) is 14.6 Å². The van der Waals surface area contributed by atoms with E-state index in [1.54, 1.807) is 24.3 Å². The summed E-state index contributed by atoms with van der Waals surface area (Å²) in [6, 6.07) is 11.1. The number of carboxylic acid groups (broad SMARTS) is 1. The Kier molecular flexibility index (Phi) is 8.45. The van der Waals surface area contributed by atoms with Crippen molar-refractivity contribution in [3.05, 3.63) is 59.4 Å². The van der Waals surface area contributed by atoms with E-state index in [0.29, 0.717) is 23.7 Å². The number of aliphatic hydroxyl groups excluding tert-OH is 3. The van der Waals surface area contributed by atoms with Crippen molar-refractivity contribution in [1.29, 1.82) is 0 Å².